The van der Waals surface area contributed by atoms with E-state index in [1.807, 2.05) is 31.2 Å². The average molecular weight is 251 g/mol. The van der Waals surface area contributed by atoms with Gasteiger partial charge in [-0.05, 0) is 30.5 Å². The smallest absolute Gasteiger partial charge is 0.258 e. The number of hydrogen-bond acceptors (Lipinski definition) is 4. The van der Waals surface area contributed by atoms with Crippen LogP contribution in [0, 0.1) is 17.0 Å². The second-order valence-corrected chi connectivity index (χ2v) is 5.28. The number of benzene rings is 1. The van der Waals surface area contributed by atoms with Crippen molar-refractivity contribution in [3.8, 4) is 0 Å². The van der Waals surface area contributed by atoms with Crippen LogP contribution in [-0.2, 0) is 0 Å². The van der Waals surface area contributed by atoms with E-state index in [0.29, 0.717) is 4.90 Å². The van der Waals surface area contributed by atoms with Gasteiger partial charge in [-0.2, -0.15) is 0 Å². The van der Waals surface area contributed by atoms with E-state index in [-0.39, 0.29) is 9.92 Å². The highest BCUT2D eigenvalue weighted by molar-refractivity contribution is 7.99. The van der Waals surface area contributed by atoms with E-state index in [4.69, 9.17) is 0 Å². The van der Waals surface area contributed by atoms with E-state index in [1.165, 1.54) is 11.8 Å². The van der Waals surface area contributed by atoms with Crippen LogP contribution in [-0.4, -0.2) is 4.92 Å². The molecule has 5 heteroatoms. The van der Waals surface area contributed by atoms with E-state index in [0.717, 1.165) is 21.8 Å². The van der Waals surface area contributed by atoms with Gasteiger partial charge in [0.15, 0.2) is 0 Å². The van der Waals surface area contributed by atoms with Gasteiger partial charge >= 0.3 is 5.00 Å². The first-order chi connectivity index (χ1) is 7.66. The molecule has 0 unspecified atom stereocenters. The van der Waals surface area contributed by atoms with Crippen molar-refractivity contribution in [3.05, 3.63) is 51.4 Å². The summed E-state index contributed by atoms with van der Waals surface area (Å²) in [5, 5.41) is 12.7. The standard InChI is InChI=1S/C11H9NO2S2/c1-8-3-2-4-9(7-8)16-10-5-6-15-11(10)12(13)14/h2-7H,1H3. The number of nitro groups is 1. The van der Waals surface area contributed by atoms with E-state index in [2.05, 4.69) is 0 Å². The van der Waals surface area contributed by atoms with Crippen LogP contribution in [0.5, 0.6) is 0 Å². The third kappa shape index (κ3) is 2.43. The lowest BCUT2D eigenvalue weighted by atomic mass is 10.2. The summed E-state index contributed by atoms with van der Waals surface area (Å²) in [6.07, 6.45) is 0. The maximum absolute atomic E-state index is 10.7. The molecule has 0 N–H and O–H groups in total. The molecule has 0 saturated heterocycles. The van der Waals surface area contributed by atoms with Crippen molar-refractivity contribution < 1.29 is 4.92 Å². The lowest BCUT2D eigenvalue weighted by molar-refractivity contribution is -0.382. The SMILES string of the molecule is Cc1cccc(Sc2ccsc2[N+](=O)[O-])c1. The zero-order valence-electron chi connectivity index (χ0n) is 8.54. The number of rotatable bonds is 3. The Morgan fingerprint density at radius 1 is 1.38 bits per heavy atom. The molecule has 0 amide bonds. The Hall–Kier alpha value is -1.33. The molecule has 1 heterocycles. The molecular formula is C11H9NO2S2. The molecule has 82 valence electrons. The fourth-order valence-corrected chi connectivity index (χ4v) is 3.21. The summed E-state index contributed by atoms with van der Waals surface area (Å²) < 4.78 is 0. The second-order valence-electron chi connectivity index (χ2n) is 3.27. The Labute approximate surface area is 101 Å². The van der Waals surface area contributed by atoms with E-state index in [9.17, 15) is 10.1 Å². The molecule has 2 rings (SSSR count). The Kier molecular flexibility index (Phi) is 3.26. The summed E-state index contributed by atoms with van der Waals surface area (Å²) >= 11 is 2.59. The summed E-state index contributed by atoms with van der Waals surface area (Å²) in [6.45, 7) is 2.01. The molecule has 0 radical (unpaired) electrons. The quantitative estimate of drug-likeness (QED) is 0.609. The van der Waals surface area contributed by atoms with Crippen molar-refractivity contribution in [2.24, 2.45) is 0 Å². The normalized spacial score (nSPS) is 10.3. The van der Waals surface area contributed by atoms with Crippen LogP contribution in [0.3, 0.4) is 0 Å². The molecule has 0 atom stereocenters. The minimum Gasteiger partial charge on any atom is -0.258 e. The Balaban J connectivity index is 2.27. The van der Waals surface area contributed by atoms with Gasteiger partial charge in [-0.25, -0.2) is 0 Å². The van der Waals surface area contributed by atoms with Gasteiger partial charge in [0.1, 0.15) is 4.90 Å². The zero-order chi connectivity index (χ0) is 11.5. The molecule has 1 aromatic heterocycles. The van der Waals surface area contributed by atoms with Gasteiger partial charge in [0.2, 0.25) is 0 Å². The predicted molar refractivity (Wildman–Crippen MR) is 66.3 cm³/mol. The number of hydrogen-bond donors (Lipinski definition) is 0. The topological polar surface area (TPSA) is 43.1 Å². The minimum atomic E-state index is -0.331. The molecule has 0 aliphatic carbocycles. The third-order valence-electron chi connectivity index (χ3n) is 1.99. The van der Waals surface area contributed by atoms with E-state index in [1.54, 1.807) is 11.4 Å². The molecule has 0 saturated carbocycles. The summed E-state index contributed by atoms with van der Waals surface area (Å²) in [5.41, 5.74) is 1.16. The van der Waals surface area contributed by atoms with E-state index < -0.39 is 0 Å². The summed E-state index contributed by atoms with van der Waals surface area (Å²) in [4.78, 5) is 12.2. The van der Waals surface area contributed by atoms with Crippen LogP contribution < -0.4 is 0 Å². The second kappa shape index (κ2) is 4.67. The van der Waals surface area contributed by atoms with Crippen molar-refractivity contribution in [3.63, 3.8) is 0 Å². The van der Waals surface area contributed by atoms with Crippen LogP contribution in [0.4, 0.5) is 5.00 Å². The molecule has 0 fully saturated rings. The minimum absolute atomic E-state index is 0.214. The van der Waals surface area contributed by atoms with Crippen LogP contribution in [0.1, 0.15) is 5.56 Å². The van der Waals surface area contributed by atoms with Crippen LogP contribution in [0.2, 0.25) is 0 Å². The molecule has 0 bridgehead atoms. The first-order valence-corrected chi connectivity index (χ1v) is 6.33. The van der Waals surface area contributed by atoms with Gasteiger partial charge in [0.05, 0.1) is 4.92 Å². The molecule has 2 aromatic rings. The van der Waals surface area contributed by atoms with Crippen LogP contribution >= 0.6 is 23.1 Å². The summed E-state index contributed by atoms with van der Waals surface area (Å²) in [7, 11) is 0. The summed E-state index contributed by atoms with van der Waals surface area (Å²) in [5.74, 6) is 0. The molecule has 0 aliphatic heterocycles. The predicted octanol–water partition coefficient (Wildman–Crippen LogP) is 4.12. The first-order valence-electron chi connectivity index (χ1n) is 4.63. The highest BCUT2D eigenvalue weighted by Crippen LogP contribution is 2.38. The van der Waals surface area contributed by atoms with E-state index >= 15 is 0 Å². The lowest BCUT2D eigenvalue weighted by Crippen LogP contribution is -1.85. The van der Waals surface area contributed by atoms with Crippen molar-refractivity contribution in [2.45, 2.75) is 16.7 Å². The molecule has 0 aliphatic rings. The lowest BCUT2D eigenvalue weighted by Gasteiger charge is -1.99. The van der Waals surface area contributed by atoms with Gasteiger partial charge in [0, 0.05) is 4.90 Å². The Bertz CT molecular complexity index is 522. The van der Waals surface area contributed by atoms with Gasteiger partial charge in [0.25, 0.3) is 0 Å². The Morgan fingerprint density at radius 2 is 2.19 bits per heavy atom. The van der Waals surface area contributed by atoms with Gasteiger partial charge in [-0.3, -0.25) is 10.1 Å². The van der Waals surface area contributed by atoms with Gasteiger partial charge in [-0.15, -0.1) is 0 Å². The highest BCUT2D eigenvalue weighted by atomic mass is 32.2. The number of aryl methyl sites for hydroxylation is 1. The maximum atomic E-state index is 10.7. The third-order valence-corrected chi connectivity index (χ3v) is 4.03. The van der Waals surface area contributed by atoms with Crippen molar-refractivity contribution in [1.82, 2.24) is 0 Å². The fourth-order valence-electron chi connectivity index (χ4n) is 1.31. The molecule has 1 aromatic carbocycles. The van der Waals surface area contributed by atoms with Crippen LogP contribution in [0.25, 0.3) is 0 Å². The van der Waals surface area contributed by atoms with Crippen molar-refractivity contribution >= 4 is 28.1 Å². The monoisotopic (exact) mass is 251 g/mol. The summed E-state index contributed by atoms with van der Waals surface area (Å²) in [6, 6.07) is 9.73. The molecule has 3 nitrogen and oxygen atoms in total. The highest BCUT2D eigenvalue weighted by Gasteiger charge is 2.16. The molecule has 0 spiro atoms. The first kappa shape index (κ1) is 11.2. The average Bonchev–Trinajstić information content (AvgIpc) is 2.66. The maximum Gasteiger partial charge on any atom is 0.337 e. The zero-order valence-corrected chi connectivity index (χ0v) is 10.2. The largest absolute Gasteiger partial charge is 0.337 e. The molecule has 16 heavy (non-hydrogen) atoms. The molecular weight excluding hydrogens is 242 g/mol. The van der Waals surface area contributed by atoms with Crippen molar-refractivity contribution in [2.75, 3.05) is 0 Å². The number of thiophene rings is 1. The fraction of sp³-hybridized carbons (Fsp3) is 0.0909. The number of nitrogens with zero attached hydrogens (tertiary/aromatic N) is 1. The van der Waals surface area contributed by atoms with Gasteiger partial charge < -0.3 is 0 Å². The van der Waals surface area contributed by atoms with Crippen LogP contribution in [0.15, 0.2) is 45.5 Å². The van der Waals surface area contributed by atoms with Gasteiger partial charge in [-0.1, -0.05) is 40.8 Å². The Morgan fingerprint density at radius 3 is 2.88 bits per heavy atom. The van der Waals surface area contributed by atoms with Crippen molar-refractivity contribution in [1.29, 1.82) is 0 Å².